The molecule has 5 rings (SSSR count). The van der Waals surface area contributed by atoms with E-state index in [2.05, 4.69) is 106 Å². The number of benzene rings is 3. The second-order valence-corrected chi connectivity index (χ2v) is 21.9. The fraction of sp³-hybridized carbons (Fsp3) is 0.596. The molecular weight excluding hydrogens is 853 g/mol. The van der Waals surface area contributed by atoms with Crippen LogP contribution in [0.25, 0.3) is 23.3 Å². The largest absolute Gasteiger partial charge is 0.493 e. The Labute approximate surface area is 409 Å². The molecule has 2 heterocycles. The predicted molar refractivity (Wildman–Crippen MR) is 276 cm³/mol. The lowest BCUT2D eigenvalue weighted by molar-refractivity contribution is -0.163. The van der Waals surface area contributed by atoms with E-state index < -0.39 is 16.8 Å². The third-order valence-electron chi connectivity index (χ3n) is 12.4. The van der Waals surface area contributed by atoms with Crippen LogP contribution < -0.4 is 4.74 Å². The summed E-state index contributed by atoms with van der Waals surface area (Å²) in [5, 5.41) is 0. The first-order valence-corrected chi connectivity index (χ1v) is 25.3. The van der Waals surface area contributed by atoms with Crippen LogP contribution in [0.5, 0.6) is 5.75 Å². The van der Waals surface area contributed by atoms with Crippen LogP contribution in [0.15, 0.2) is 60.7 Å². The van der Waals surface area contributed by atoms with Gasteiger partial charge in [-0.25, -0.2) is 0 Å². The first kappa shape index (κ1) is 54.4. The van der Waals surface area contributed by atoms with Gasteiger partial charge in [0.05, 0.1) is 19.7 Å². The van der Waals surface area contributed by atoms with Crippen LogP contribution in [0.1, 0.15) is 135 Å². The van der Waals surface area contributed by atoms with Crippen LogP contribution in [0.4, 0.5) is 0 Å². The Bertz CT molecular complexity index is 2070. The third-order valence-corrected chi connectivity index (χ3v) is 12.4. The van der Waals surface area contributed by atoms with Crippen molar-refractivity contribution in [2.24, 2.45) is 0 Å². The lowest BCUT2D eigenvalue weighted by atomic mass is 9.95. The highest BCUT2D eigenvalue weighted by molar-refractivity contribution is 5.79. The van der Waals surface area contributed by atoms with Gasteiger partial charge in [-0.15, -0.1) is 0 Å². The van der Waals surface area contributed by atoms with E-state index in [0.717, 1.165) is 107 Å². The van der Waals surface area contributed by atoms with E-state index in [1.165, 1.54) is 22.3 Å². The van der Waals surface area contributed by atoms with Gasteiger partial charge < -0.3 is 23.8 Å². The molecule has 0 saturated carbocycles. The van der Waals surface area contributed by atoms with Crippen molar-refractivity contribution in [1.82, 2.24) is 19.6 Å². The molecular formula is C57H84N4O7. The van der Waals surface area contributed by atoms with Crippen LogP contribution in [0, 0.1) is 13.8 Å². The number of rotatable bonds is 18. The average molecular weight is 937 g/mol. The molecule has 1 atom stereocenters. The molecule has 0 radical (unpaired) electrons. The summed E-state index contributed by atoms with van der Waals surface area (Å²) in [5.74, 6) is 0.255. The summed E-state index contributed by atoms with van der Waals surface area (Å²) in [6, 6.07) is 21.2. The van der Waals surface area contributed by atoms with Crippen molar-refractivity contribution in [1.29, 1.82) is 0 Å². The molecule has 11 nitrogen and oxygen atoms in total. The lowest BCUT2D eigenvalue weighted by Gasteiger charge is -2.36. The lowest BCUT2D eigenvalue weighted by Crippen LogP contribution is -2.46. The normalized spacial score (nSPS) is 17.6. The minimum absolute atomic E-state index is 0.147. The zero-order chi connectivity index (χ0) is 49.5. The summed E-state index contributed by atoms with van der Waals surface area (Å²) in [6.45, 7) is 29.4. The van der Waals surface area contributed by atoms with E-state index in [4.69, 9.17) is 18.9 Å². The molecule has 11 heteroatoms. The van der Waals surface area contributed by atoms with Gasteiger partial charge in [0.1, 0.15) is 28.6 Å². The maximum absolute atomic E-state index is 13.5. The molecule has 0 unspecified atom stereocenters. The second-order valence-electron chi connectivity index (χ2n) is 21.9. The molecule has 68 heavy (non-hydrogen) atoms. The Morgan fingerprint density at radius 2 is 1.19 bits per heavy atom. The molecule has 3 aromatic rings. The summed E-state index contributed by atoms with van der Waals surface area (Å²) < 4.78 is 24.0. The molecule has 2 aliphatic heterocycles. The SMILES string of the molecule is Cc1cc(CN2CCCC[C@H]2C(=O)OC(C)(C)C)c(OCCCCCCN2CCN(CC(=O)OC(C)(C)C)CCN(CC(=O)OC(C)(C)C)CC2)cc1/C=C/c1cccc(-c2ccccc2)c1C. The number of hydrogen-bond donors (Lipinski definition) is 0. The number of nitrogens with zero attached hydrogens (tertiary/aromatic N) is 4. The Hall–Kier alpha value is -4.55. The van der Waals surface area contributed by atoms with Gasteiger partial charge in [0.25, 0.3) is 0 Å². The van der Waals surface area contributed by atoms with Gasteiger partial charge in [0.15, 0.2) is 0 Å². The molecule has 3 aromatic carbocycles. The zero-order valence-electron chi connectivity index (χ0n) is 43.6. The van der Waals surface area contributed by atoms with E-state index in [1.54, 1.807) is 0 Å². The summed E-state index contributed by atoms with van der Waals surface area (Å²) in [7, 11) is 0. The molecule has 0 amide bonds. The summed E-state index contributed by atoms with van der Waals surface area (Å²) in [4.78, 5) is 48.3. The second kappa shape index (κ2) is 25.3. The number of likely N-dealkylation sites (tertiary alicyclic amines) is 1. The summed E-state index contributed by atoms with van der Waals surface area (Å²) in [6.07, 6.45) is 11.3. The first-order chi connectivity index (χ1) is 32.1. The molecule has 2 aliphatic rings. The molecule has 374 valence electrons. The van der Waals surface area contributed by atoms with Crippen LogP contribution >= 0.6 is 0 Å². The fourth-order valence-corrected chi connectivity index (χ4v) is 8.99. The van der Waals surface area contributed by atoms with Gasteiger partial charge in [-0.1, -0.05) is 86.0 Å². The van der Waals surface area contributed by atoms with Crippen LogP contribution in [0.3, 0.4) is 0 Å². The molecule has 0 aromatic heterocycles. The van der Waals surface area contributed by atoms with E-state index in [-0.39, 0.29) is 37.0 Å². The zero-order valence-corrected chi connectivity index (χ0v) is 43.6. The first-order valence-electron chi connectivity index (χ1n) is 25.3. The van der Waals surface area contributed by atoms with Crippen LogP contribution in [-0.2, 0) is 35.1 Å². The van der Waals surface area contributed by atoms with Gasteiger partial charge in [0.2, 0.25) is 0 Å². The van der Waals surface area contributed by atoms with Crippen molar-refractivity contribution >= 4 is 30.1 Å². The fourth-order valence-electron chi connectivity index (χ4n) is 8.99. The van der Waals surface area contributed by atoms with Gasteiger partial charge in [-0.3, -0.25) is 29.1 Å². The number of carbonyl (C=O) groups is 3. The molecule has 2 fully saturated rings. The van der Waals surface area contributed by atoms with Crippen molar-refractivity contribution in [2.75, 3.05) is 72.1 Å². The highest BCUT2D eigenvalue weighted by Gasteiger charge is 2.33. The van der Waals surface area contributed by atoms with E-state index in [1.807, 2.05) is 62.3 Å². The molecule has 0 N–H and O–H groups in total. The van der Waals surface area contributed by atoms with E-state index in [0.29, 0.717) is 26.2 Å². The Morgan fingerprint density at radius 3 is 1.79 bits per heavy atom. The molecule has 0 aliphatic carbocycles. The van der Waals surface area contributed by atoms with E-state index >= 15 is 0 Å². The highest BCUT2D eigenvalue weighted by Crippen LogP contribution is 2.32. The van der Waals surface area contributed by atoms with Crippen molar-refractivity contribution in [2.45, 2.75) is 150 Å². The Kier molecular flexibility index (Phi) is 20.3. The van der Waals surface area contributed by atoms with Crippen molar-refractivity contribution in [3.63, 3.8) is 0 Å². The van der Waals surface area contributed by atoms with Gasteiger partial charge >= 0.3 is 17.9 Å². The smallest absolute Gasteiger partial charge is 0.323 e. The maximum atomic E-state index is 13.5. The van der Waals surface area contributed by atoms with Crippen molar-refractivity contribution < 1.29 is 33.3 Å². The Morgan fingerprint density at radius 1 is 0.618 bits per heavy atom. The molecule has 0 bridgehead atoms. The van der Waals surface area contributed by atoms with Gasteiger partial charge in [-0.05, 0) is 154 Å². The number of hydrogen-bond acceptors (Lipinski definition) is 11. The van der Waals surface area contributed by atoms with Crippen molar-refractivity contribution in [3.05, 3.63) is 88.5 Å². The summed E-state index contributed by atoms with van der Waals surface area (Å²) >= 11 is 0. The third kappa shape index (κ3) is 18.7. The number of aryl methyl sites for hydroxylation is 1. The van der Waals surface area contributed by atoms with Crippen LogP contribution in [-0.4, -0.2) is 132 Å². The maximum Gasteiger partial charge on any atom is 0.323 e. The van der Waals surface area contributed by atoms with E-state index in [9.17, 15) is 14.4 Å². The molecule has 2 saturated heterocycles. The predicted octanol–water partition coefficient (Wildman–Crippen LogP) is 10.4. The number of carbonyl (C=O) groups excluding carboxylic acids is 3. The summed E-state index contributed by atoms with van der Waals surface area (Å²) in [5.41, 5.74) is 6.57. The average Bonchev–Trinajstić information content (AvgIpc) is 3.33. The van der Waals surface area contributed by atoms with Gasteiger partial charge in [0, 0.05) is 51.4 Å². The Balaban J connectivity index is 1.24. The van der Waals surface area contributed by atoms with Crippen LogP contribution in [0.2, 0.25) is 0 Å². The number of esters is 3. The topological polar surface area (TPSA) is 101 Å². The minimum Gasteiger partial charge on any atom is -0.493 e. The van der Waals surface area contributed by atoms with Gasteiger partial charge in [-0.2, -0.15) is 0 Å². The number of unbranched alkanes of at least 4 members (excludes halogenated alkanes) is 3. The highest BCUT2D eigenvalue weighted by atomic mass is 16.6. The minimum atomic E-state index is -0.546. The number of piperidine rings is 1. The quantitative estimate of drug-likeness (QED) is 0.0527. The van der Waals surface area contributed by atoms with Crippen molar-refractivity contribution in [3.8, 4) is 16.9 Å². The standard InChI is InChI=1S/C57H84N4O7/c1-43-38-48(40-61-30-19-17-26-50(61)54(64)68-57(9,10)11)51(39-47(43)28-27-45-24-21-25-49(44(45)2)46-22-15-14-16-23-46)65-37-20-13-12-18-29-58-31-33-59(41-52(62)66-55(3,4)5)35-36-60(34-32-58)42-53(63)67-56(6,7)8/h14-16,21-25,27-28,38-39,50H,12-13,17-20,26,29-37,40-42H2,1-11H3/b28-27+/t50-/m0/s1. The monoisotopic (exact) mass is 937 g/mol. The number of ether oxygens (including phenoxy) is 4. The molecule has 0 spiro atoms.